The lowest BCUT2D eigenvalue weighted by molar-refractivity contribution is 0.634. The van der Waals surface area contributed by atoms with Crippen molar-refractivity contribution in [2.24, 2.45) is 4.99 Å². The van der Waals surface area contributed by atoms with Crippen LogP contribution in [0.5, 0.6) is 0 Å². The minimum atomic E-state index is 0.428. The summed E-state index contributed by atoms with van der Waals surface area (Å²) < 4.78 is 0. The van der Waals surface area contributed by atoms with E-state index in [2.05, 4.69) is 17.2 Å². The van der Waals surface area contributed by atoms with Crippen molar-refractivity contribution in [1.82, 2.24) is 0 Å². The summed E-state index contributed by atoms with van der Waals surface area (Å²) in [5.41, 5.74) is 0.821. The second-order valence-corrected chi connectivity index (χ2v) is 5.81. The van der Waals surface area contributed by atoms with Crippen LogP contribution in [0.4, 0.5) is 5.69 Å². The molecule has 0 aromatic heterocycles. The first-order chi connectivity index (χ1) is 8.19. The van der Waals surface area contributed by atoms with Gasteiger partial charge in [0.2, 0.25) is 0 Å². The third-order valence-electron chi connectivity index (χ3n) is 2.63. The number of rotatable bonds is 2. The standard InChI is InChI=1S/C12H14Cl2N2S/c1-2-9-5-6-17-12(15-9)16-11-7-8(13)3-4-10(11)14/h3-4,7,9H,2,5-6H2,1H3,(H,15,16). The summed E-state index contributed by atoms with van der Waals surface area (Å²) in [7, 11) is 0. The molecule has 5 heteroatoms. The highest BCUT2D eigenvalue weighted by molar-refractivity contribution is 8.14. The third kappa shape index (κ3) is 3.54. The first-order valence-electron chi connectivity index (χ1n) is 5.61. The molecule has 1 aliphatic heterocycles. The smallest absolute Gasteiger partial charge is 0.161 e. The minimum absolute atomic E-state index is 0.428. The van der Waals surface area contributed by atoms with Crippen molar-refractivity contribution in [3.05, 3.63) is 28.2 Å². The molecule has 92 valence electrons. The molecule has 0 amide bonds. The third-order valence-corrected chi connectivity index (χ3v) is 4.12. The number of nitrogens with zero attached hydrogens (tertiary/aromatic N) is 1. The van der Waals surface area contributed by atoms with E-state index < -0.39 is 0 Å². The fourth-order valence-corrected chi connectivity index (χ4v) is 2.96. The van der Waals surface area contributed by atoms with Crippen molar-refractivity contribution in [2.45, 2.75) is 25.8 Å². The summed E-state index contributed by atoms with van der Waals surface area (Å²) in [6.45, 7) is 2.16. The summed E-state index contributed by atoms with van der Waals surface area (Å²) in [4.78, 5) is 4.63. The number of benzene rings is 1. The lowest BCUT2D eigenvalue weighted by atomic mass is 10.2. The highest BCUT2D eigenvalue weighted by Gasteiger charge is 2.14. The van der Waals surface area contributed by atoms with Gasteiger partial charge in [-0.3, -0.25) is 4.99 Å². The van der Waals surface area contributed by atoms with Gasteiger partial charge < -0.3 is 5.32 Å². The number of hydrogen-bond donors (Lipinski definition) is 1. The van der Waals surface area contributed by atoms with Crippen LogP contribution in [-0.2, 0) is 0 Å². The molecule has 1 atom stereocenters. The molecule has 1 N–H and O–H groups in total. The maximum absolute atomic E-state index is 6.10. The molecule has 2 rings (SSSR count). The Balaban J connectivity index is 2.15. The molecule has 17 heavy (non-hydrogen) atoms. The van der Waals surface area contributed by atoms with Gasteiger partial charge in [0, 0.05) is 10.8 Å². The van der Waals surface area contributed by atoms with Crippen LogP contribution in [0.1, 0.15) is 19.8 Å². The van der Waals surface area contributed by atoms with Crippen molar-refractivity contribution < 1.29 is 0 Å². The van der Waals surface area contributed by atoms with Crippen LogP contribution in [-0.4, -0.2) is 17.0 Å². The van der Waals surface area contributed by atoms with Crippen molar-refractivity contribution in [3.63, 3.8) is 0 Å². The molecule has 0 aliphatic carbocycles. The topological polar surface area (TPSA) is 24.4 Å². The number of amidine groups is 1. The zero-order chi connectivity index (χ0) is 12.3. The molecule has 1 aromatic carbocycles. The van der Waals surface area contributed by atoms with Crippen LogP contribution in [0.3, 0.4) is 0 Å². The molecule has 0 spiro atoms. The number of thioether (sulfide) groups is 1. The summed E-state index contributed by atoms with van der Waals surface area (Å²) in [6.07, 6.45) is 2.23. The van der Waals surface area contributed by atoms with Crippen LogP contribution >= 0.6 is 35.0 Å². The first-order valence-corrected chi connectivity index (χ1v) is 7.36. The van der Waals surface area contributed by atoms with Crippen LogP contribution in [0, 0.1) is 0 Å². The SMILES string of the molecule is CCC1CCSC(Nc2cc(Cl)ccc2Cl)=N1. The van der Waals surface area contributed by atoms with Gasteiger partial charge in [-0.05, 0) is 31.0 Å². The molecule has 1 aliphatic rings. The molecular weight excluding hydrogens is 275 g/mol. The molecule has 0 fully saturated rings. The Morgan fingerprint density at radius 1 is 1.47 bits per heavy atom. The van der Waals surface area contributed by atoms with E-state index in [0.29, 0.717) is 16.1 Å². The Hall–Kier alpha value is -0.380. The van der Waals surface area contributed by atoms with Crippen molar-refractivity contribution in [1.29, 1.82) is 0 Å². The highest BCUT2D eigenvalue weighted by atomic mass is 35.5. The summed E-state index contributed by atoms with van der Waals surface area (Å²) in [5.74, 6) is 1.10. The Labute approximate surface area is 116 Å². The van der Waals surface area contributed by atoms with Crippen LogP contribution < -0.4 is 5.32 Å². The maximum atomic E-state index is 6.10. The normalized spacial score (nSPS) is 19.9. The maximum Gasteiger partial charge on any atom is 0.161 e. The molecule has 0 saturated carbocycles. The van der Waals surface area contributed by atoms with E-state index in [0.717, 1.165) is 29.4 Å². The molecule has 0 bridgehead atoms. The van der Waals surface area contributed by atoms with E-state index >= 15 is 0 Å². The van der Waals surface area contributed by atoms with E-state index in [4.69, 9.17) is 23.2 Å². The largest absolute Gasteiger partial charge is 0.334 e. The molecule has 1 unspecified atom stereocenters. The Morgan fingerprint density at radius 2 is 2.29 bits per heavy atom. The van der Waals surface area contributed by atoms with Gasteiger partial charge in [0.25, 0.3) is 0 Å². The second-order valence-electron chi connectivity index (χ2n) is 3.88. The number of nitrogens with one attached hydrogen (secondary N) is 1. The minimum Gasteiger partial charge on any atom is -0.334 e. The van der Waals surface area contributed by atoms with Gasteiger partial charge in [-0.25, -0.2) is 0 Å². The summed E-state index contributed by atoms with van der Waals surface area (Å²) >= 11 is 13.8. The highest BCUT2D eigenvalue weighted by Crippen LogP contribution is 2.28. The fraction of sp³-hybridized carbons (Fsp3) is 0.417. The van der Waals surface area contributed by atoms with Crippen molar-refractivity contribution >= 4 is 45.8 Å². The molecular formula is C12H14Cl2N2S. The van der Waals surface area contributed by atoms with Gasteiger partial charge in [0.1, 0.15) is 0 Å². The second kappa shape index (κ2) is 5.98. The van der Waals surface area contributed by atoms with Crippen LogP contribution in [0.15, 0.2) is 23.2 Å². The summed E-state index contributed by atoms with van der Waals surface area (Å²) in [5, 5.41) is 5.52. The Kier molecular flexibility index (Phi) is 4.60. The van der Waals surface area contributed by atoms with E-state index in [1.807, 2.05) is 6.07 Å². The van der Waals surface area contributed by atoms with E-state index in [9.17, 15) is 0 Å². The van der Waals surface area contributed by atoms with Gasteiger partial charge >= 0.3 is 0 Å². The van der Waals surface area contributed by atoms with Gasteiger partial charge in [-0.2, -0.15) is 0 Å². The van der Waals surface area contributed by atoms with Crippen molar-refractivity contribution in [2.75, 3.05) is 11.1 Å². The fourth-order valence-electron chi connectivity index (χ4n) is 1.63. The average Bonchev–Trinajstić information content (AvgIpc) is 2.34. The number of hydrogen-bond acceptors (Lipinski definition) is 3. The van der Waals surface area contributed by atoms with E-state index in [1.165, 1.54) is 0 Å². The Bertz CT molecular complexity index is 435. The van der Waals surface area contributed by atoms with Gasteiger partial charge in [0.05, 0.1) is 16.8 Å². The van der Waals surface area contributed by atoms with Gasteiger partial charge in [-0.15, -0.1) is 0 Å². The number of halogens is 2. The molecule has 0 saturated heterocycles. The Morgan fingerprint density at radius 3 is 3.06 bits per heavy atom. The van der Waals surface area contributed by atoms with E-state index in [-0.39, 0.29) is 0 Å². The average molecular weight is 289 g/mol. The molecule has 1 heterocycles. The zero-order valence-corrected chi connectivity index (χ0v) is 11.9. The molecule has 2 nitrogen and oxygen atoms in total. The quantitative estimate of drug-likeness (QED) is 0.855. The predicted octanol–water partition coefficient (Wildman–Crippen LogP) is 4.68. The lowest BCUT2D eigenvalue weighted by Gasteiger charge is -2.20. The zero-order valence-electron chi connectivity index (χ0n) is 9.54. The summed E-state index contributed by atoms with van der Waals surface area (Å²) in [6, 6.07) is 5.82. The molecule has 1 aromatic rings. The van der Waals surface area contributed by atoms with Gasteiger partial charge in [-0.1, -0.05) is 41.9 Å². The monoisotopic (exact) mass is 288 g/mol. The van der Waals surface area contributed by atoms with Crippen molar-refractivity contribution in [3.8, 4) is 0 Å². The first kappa shape index (κ1) is 13.1. The predicted molar refractivity (Wildman–Crippen MR) is 78.7 cm³/mol. The van der Waals surface area contributed by atoms with E-state index in [1.54, 1.807) is 23.9 Å². The van der Waals surface area contributed by atoms with Crippen LogP contribution in [0.2, 0.25) is 10.0 Å². The molecule has 0 radical (unpaired) electrons. The van der Waals surface area contributed by atoms with Gasteiger partial charge in [0.15, 0.2) is 5.17 Å². The number of anilines is 1. The number of aliphatic imine (C=N–C) groups is 1. The van der Waals surface area contributed by atoms with Crippen LogP contribution in [0.25, 0.3) is 0 Å². The lowest BCUT2D eigenvalue weighted by Crippen LogP contribution is -2.19.